The van der Waals surface area contributed by atoms with E-state index in [1.807, 2.05) is 18.7 Å². The van der Waals surface area contributed by atoms with E-state index in [4.69, 9.17) is 9.72 Å². The highest BCUT2D eigenvalue weighted by atomic mass is 32.1. The molecule has 0 radical (unpaired) electrons. The zero-order valence-electron chi connectivity index (χ0n) is 20.6. The summed E-state index contributed by atoms with van der Waals surface area (Å²) in [5.41, 5.74) is 2.93. The van der Waals surface area contributed by atoms with Gasteiger partial charge in [-0.1, -0.05) is 11.3 Å². The Labute approximate surface area is 217 Å². The Morgan fingerprint density at radius 1 is 1.05 bits per heavy atom. The van der Waals surface area contributed by atoms with Gasteiger partial charge in [0, 0.05) is 43.5 Å². The van der Waals surface area contributed by atoms with Gasteiger partial charge in [0.25, 0.3) is 0 Å². The third kappa shape index (κ3) is 4.64. The summed E-state index contributed by atoms with van der Waals surface area (Å²) in [5.74, 6) is -0.807. The molecule has 11 heteroatoms. The Kier molecular flexibility index (Phi) is 6.25. The lowest BCUT2D eigenvalue weighted by atomic mass is 10.1. The lowest BCUT2D eigenvalue weighted by Gasteiger charge is -2.34. The molecule has 0 atom stereocenters. The highest BCUT2D eigenvalue weighted by molar-refractivity contribution is 7.22. The third-order valence-electron chi connectivity index (χ3n) is 6.62. The van der Waals surface area contributed by atoms with Gasteiger partial charge in [-0.05, 0) is 44.2 Å². The second-order valence-electron chi connectivity index (χ2n) is 9.37. The van der Waals surface area contributed by atoms with Crippen molar-refractivity contribution in [2.24, 2.45) is 0 Å². The molecule has 37 heavy (non-hydrogen) atoms. The highest BCUT2D eigenvalue weighted by Gasteiger charge is 2.26. The normalized spacial score (nSPS) is 15.7. The van der Waals surface area contributed by atoms with Crippen LogP contribution in [0.2, 0.25) is 0 Å². The maximum absolute atomic E-state index is 15.0. The second-order valence-corrected chi connectivity index (χ2v) is 10.4. The van der Waals surface area contributed by atoms with E-state index in [2.05, 4.69) is 43.7 Å². The van der Waals surface area contributed by atoms with Crippen LogP contribution in [0.4, 0.5) is 31.2 Å². The van der Waals surface area contributed by atoms with E-state index >= 15 is 0 Å². The van der Waals surface area contributed by atoms with Crippen LogP contribution in [-0.2, 0) is 0 Å². The van der Waals surface area contributed by atoms with Crippen LogP contribution < -0.4 is 25.2 Å². The smallest absolute Gasteiger partial charge is 0.229 e. The molecular formula is C26H27F2N7OS. The number of hydrogen-bond donors (Lipinski definition) is 2. The minimum Gasteiger partial charge on any atom is -0.486 e. The number of rotatable bonds is 5. The molecule has 4 aromatic rings. The molecule has 0 amide bonds. The van der Waals surface area contributed by atoms with Gasteiger partial charge in [0.1, 0.15) is 12.3 Å². The zero-order chi connectivity index (χ0) is 25.5. The number of benzene rings is 2. The molecular weight excluding hydrogens is 496 g/mol. The molecule has 0 spiro atoms. The topological polar surface area (TPSA) is 78.4 Å². The molecule has 2 aliphatic rings. The fourth-order valence-corrected chi connectivity index (χ4v) is 5.63. The van der Waals surface area contributed by atoms with Crippen molar-refractivity contribution in [1.82, 2.24) is 20.3 Å². The molecule has 192 valence electrons. The number of fused-ring (bicyclic) bond motifs is 2. The number of halogens is 2. The van der Waals surface area contributed by atoms with Gasteiger partial charge in [-0.3, -0.25) is 5.32 Å². The van der Waals surface area contributed by atoms with Gasteiger partial charge in [0.2, 0.25) is 5.95 Å². The highest BCUT2D eigenvalue weighted by Crippen LogP contribution is 2.39. The number of aromatic nitrogens is 3. The lowest BCUT2D eigenvalue weighted by Crippen LogP contribution is -2.43. The van der Waals surface area contributed by atoms with Crippen LogP contribution in [-0.4, -0.2) is 60.3 Å². The fraction of sp³-hybridized carbons (Fsp3) is 0.346. The van der Waals surface area contributed by atoms with Crippen LogP contribution in [0, 0.1) is 11.6 Å². The van der Waals surface area contributed by atoms with Crippen molar-refractivity contribution in [3.63, 3.8) is 0 Å². The zero-order valence-corrected chi connectivity index (χ0v) is 21.4. The van der Waals surface area contributed by atoms with Crippen LogP contribution >= 0.6 is 11.3 Å². The van der Waals surface area contributed by atoms with Gasteiger partial charge < -0.3 is 19.9 Å². The molecule has 0 saturated carbocycles. The predicted molar refractivity (Wildman–Crippen MR) is 143 cm³/mol. The monoisotopic (exact) mass is 523 g/mol. The van der Waals surface area contributed by atoms with Gasteiger partial charge in [-0.2, -0.15) is 0 Å². The Bertz CT molecular complexity index is 1450. The maximum Gasteiger partial charge on any atom is 0.229 e. The van der Waals surface area contributed by atoms with Gasteiger partial charge in [-0.25, -0.2) is 23.7 Å². The van der Waals surface area contributed by atoms with Crippen molar-refractivity contribution in [3.05, 3.63) is 48.2 Å². The molecule has 4 heterocycles. The number of piperazine rings is 1. The minimum atomic E-state index is -0.636. The first-order valence-corrected chi connectivity index (χ1v) is 13.2. The van der Waals surface area contributed by atoms with Gasteiger partial charge >= 0.3 is 0 Å². The van der Waals surface area contributed by atoms with Crippen molar-refractivity contribution in [2.45, 2.75) is 19.9 Å². The number of ether oxygens (including phenoxy) is 1. The standard InChI is InChI=1S/C26H27F2N7OS/c1-15(2)35-9-10-36-24-18(27)11-16(12-21(24)35)23-19(28)14-30-25(32-23)33-26-31-20-13-17(3-4-22(20)37-26)34-7-5-29-6-8-34/h3-4,11-15,29H,5-10H2,1-2H3,(H,30,31,32,33). The van der Waals surface area contributed by atoms with Crippen molar-refractivity contribution < 1.29 is 13.5 Å². The summed E-state index contributed by atoms with van der Waals surface area (Å²) in [5, 5.41) is 7.06. The van der Waals surface area contributed by atoms with E-state index in [1.54, 1.807) is 6.07 Å². The van der Waals surface area contributed by atoms with E-state index in [9.17, 15) is 8.78 Å². The van der Waals surface area contributed by atoms with Gasteiger partial charge in [0.15, 0.2) is 22.5 Å². The average Bonchev–Trinajstić information content (AvgIpc) is 3.31. The molecule has 8 nitrogen and oxygen atoms in total. The largest absolute Gasteiger partial charge is 0.486 e. The molecule has 6 rings (SSSR count). The molecule has 2 aromatic heterocycles. The Morgan fingerprint density at radius 2 is 1.89 bits per heavy atom. The molecule has 0 bridgehead atoms. The number of thiazole rings is 1. The number of hydrogen-bond acceptors (Lipinski definition) is 9. The van der Waals surface area contributed by atoms with Crippen LogP contribution in [0.15, 0.2) is 36.5 Å². The second kappa shape index (κ2) is 9.71. The van der Waals surface area contributed by atoms with Crippen molar-refractivity contribution >= 4 is 44.0 Å². The van der Waals surface area contributed by atoms with E-state index < -0.39 is 11.6 Å². The predicted octanol–water partition coefficient (Wildman–Crippen LogP) is 4.79. The summed E-state index contributed by atoms with van der Waals surface area (Å²) in [6.07, 6.45) is 1.09. The molecule has 1 saturated heterocycles. The quantitative estimate of drug-likeness (QED) is 0.387. The lowest BCUT2D eigenvalue weighted by molar-refractivity contribution is 0.287. The summed E-state index contributed by atoms with van der Waals surface area (Å²) in [6.45, 7) is 8.91. The summed E-state index contributed by atoms with van der Waals surface area (Å²) in [7, 11) is 0. The Morgan fingerprint density at radius 3 is 2.70 bits per heavy atom. The number of nitrogens with one attached hydrogen (secondary N) is 2. The maximum atomic E-state index is 15.0. The summed E-state index contributed by atoms with van der Waals surface area (Å²) >= 11 is 1.47. The molecule has 0 unspecified atom stereocenters. The van der Waals surface area contributed by atoms with Crippen molar-refractivity contribution in [2.75, 3.05) is 54.4 Å². The fourth-order valence-electron chi connectivity index (χ4n) is 4.79. The molecule has 2 aliphatic heterocycles. The van der Waals surface area contributed by atoms with Crippen LogP contribution in [0.5, 0.6) is 5.75 Å². The average molecular weight is 524 g/mol. The van der Waals surface area contributed by atoms with Gasteiger partial charge in [0.05, 0.1) is 28.6 Å². The minimum absolute atomic E-state index is 0.00980. The van der Waals surface area contributed by atoms with Gasteiger partial charge in [-0.15, -0.1) is 0 Å². The number of nitrogens with zero attached hydrogens (tertiary/aromatic N) is 5. The van der Waals surface area contributed by atoms with Crippen molar-refractivity contribution in [3.8, 4) is 17.0 Å². The van der Waals surface area contributed by atoms with Crippen LogP contribution in [0.1, 0.15) is 13.8 Å². The Balaban J connectivity index is 1.30. The SMILES string of the molecule is CC(C)N1CCOc2c(F)cc(-c3nc(Nc4nc5cc(N6CCNCC6)ccc5s4)ncc3F)cc21. The van der Waals surface area contributed by atoms with Crippen LogP contribution in [0.3, 0.4) is 0 Å². The first kappa shape index (κ1) is 23.8. The van der Waals surface area contributed by atoms with Crippen molar-refractivity contribution in [1.29, 1.82) is 0 Å². The number of anilines is 4. The molecule has 1 fully saturated rings. The van der Waals surface area contributed by atoms with E-state index in [0.717, 1.165) is 48.3 Å². The molecule has 2 aromatic carbocycles. The first-order valence-electron chi connectivity index (χ1n) is 12.4. The summed E-state index contributed by atoms with van der Waals surface area (Å²) in [4.78, 5) is 17.6. The first-order chi connectivity index (χ1) is 18.0. The molecule has 2 N–H and O–H groups in total. The third-order valence-corrected chi connectivity index (χ3v) is 7.58. The summed E-state index contributed by atoms with van der Waals surface area (Å²) in [6, 6.07) is 9.37. The van der Waals surface area contributed by atoms with E-state index in [1.165, 1.54) is 17.4 Å². The van der Waals surface area contributed by atoms with Crippen LogP contribution in [0.25, 0.3) is 21.5 Å². The molecule has 0 aliphatic carbocycles. The van der Waals surface area contributed by atoms with E-state index in [-0.39, 0.29) is 23.4 Å². The Hall–Kier alpha value is -3.57. The van der Waals surface area contributed by atoms with E-state index in [0.29, 0.717) is 29.5 Å². The summed E-state index contributed by atoms with van der Waals surface area (Å²) < 4.78 is 36.4.